The van der Waals surface area contributed by atoms with Crippen LogP contribution in [0.2, 0.25) is 0 Å². The van der Waals surface area contributed by atoms with Gasteiger partial charge in [-0.05, 0) is 12.1 Å². The van der Waals surface area contributed by atoms with E-state index in [1.807, 2.05) is 12.1 Å². The molecule has 7 heteroatoms. The van der Waals surface area contributed by atoms with Gasteiger partial charge in [-0.1, -0.05) is 30.3 Å². The molecule has 1 aliphatic heterocycles. The van der Waals surface area contributed by atoms with Crippen molar-refractivity contribution in [2.45, 2.75) is 0 Å². The van der Waals surface area contributed by atoms with Crippen LogP contribution in [-0.2, 0) is 4.79 Å². The fourth-order valence-corrected chi connectivity index (χ4v) is 2.31. The van der Waals surface area contributed by atoms with Gasteiger partial charge in [0.25, 0.3) is 11.6 Å². The molecule has 0 radical (unpaired) electrons. The van der Waals surface area contributed by atoms with Gasteiger partial charge in [0.2, 0.25) is 0 Å². The summed E-state index contributed by atoms with van der Waals surface area (Å²) in [6, 6.07) is 13.2. The molecule has 0 unspecified atom stereocenters. The van der Waals surface area contributed by atoms with Gasteiger partial charge in [-0.15, -0.1) is 0 Å². The minimum Gasteiger partial charge on any atom is -0.496 e. The van der Waals surface area contributed by atoms with E-state index in [1.165, 1.54) is 12.1 Å². The third-order valence-corrected chi connectivity index (χ3v) is 3.46. The lowest BCUT2D eigenvalue weighted by atomic mass is 10.1. The fraction of sp³-hybridized carbons (Fsp3) is 0.0588. The Morgan fingerprint density at radius 1 is 1.21 bits per heavy atom. The zero-order valence-corrected chi connectivity index (χ0v) is 12.7. The average Bonchev–Trinajstić information content (AvgIpc) is 2.96. The topological polar surface area (TPSA) is 93.8 Å². The second-order valence-corrected chi connectivity index (χ2v) is 4.99. The molecule has 0 spiro atoms. The van der Waals surface area contributed by atoms with E-state index in [0.29, 0.717) is 16.9 Å². The lowest BCUT2D eigenvalue weighted by Crippen LogP contribution is -2.24. The standard InChI is InChI=1S/C17H13N3O4/c1-24-15-8-3-2-5-11(15)10-14-17(21)19-16(18-14)12-6-4-7-13(9-12)20(22)23/h2-10H,1H3,(H,18,19,21)/b14-10-. The molecular weight excluding hydrogens is 310 g/mol. The highest BCUT2D eigenvalue weighted by atomic mass is 16.6. The Morgan fingerprint density at radius 2 is 2.00 bits per heavy atom. The lowest BCUT2D eigenvalue weighted by Gasteiger charge is -2.03. The van der Waals surface area contributed by atoms with Crippen molar-refractivity contribution in [1.82, 2.24) is 5.32 Å². The van der Waals surface area contributed by atoms with Gasteiger partial charge in [-0.2, -0.15) is 0 Å². The second-order valence-electron chi connectivity index (χ2n) is 4.99. The Labute approximate surface area is 137 Å². The molecule has 0 saturated heterocycles. The third-order valence-electron chi connectivity index (χ3n) is 3.46. The molecular formula is C17H13N3O4. The third kappa shape index (κ3) is 3.00. The number of amides is 1. The highest BCUT2D eigenvalue weighted by molar-refractivity contribution is 6.20. The number of aliphatic imine (C=N–C) groups is 1. The first-order chi connectivity index (χ1) is 11.6. The Kier molecular flexibility index (Phi) is 4.07. The lowest BCUT2D eigenvalue weighted by molar-refractivity contribution is -0.384. The Morgan fingerprint density at radius 3 is 2.75 bits per heavy atom. The molecule has 0 aliphatic carbocycles. The number of rotatable bonds is 4. The fourth-order valence-electron chi connectivity index (χ4n) is 2.31. The predicted octanol–water partition coefficient (Wildman–Crippen LogP) is 2.52. The summed E-state index contributed by atoms with van der Waals surface area (Å²) in [4.78, 5) is 26.7. The van der Waals surface area contributed by atoms with Crippen LogP contribution in [0, 0.1) is 10.1 Å². The number of hydrogen-bond acceptors (Lipinski definition) is 5. The number of non-ortho nitro benzene ring substituents is 1. The largest absolute Gasteiger partial charge is 0.496 e. The number of nitrogens with zero attached hydrogens (tertiary/aromatic N) is 2. The van der Waals surface area contributed by atoms with Crippen molar-refractivity contribution in [3.63, 3.8) is 0 Å². The van der Waals surface area contributed by atoms with Crippen LogP contribution in [0.5, 0.6) is 5.75 Å². The number of benzene rings is 2. The van der Waals surface area contributed by atoms with E-state index in [9.17, 15) is 14.9 Å². The molecule has 1 N–H and O–H groups in total. The van der Waals surface area contributed by atoms with E-state index in [-0.39, 0.29) is 23.1 Å². The summed E-state index contributed by atoms with van der Waals surface area (Å²) in [5, 5.41) is 13.5. The maximum atomic E-state index is 12.1. The van der Waals surface area contributed by atoms with Crippen molar-refractivity contribution >= 4 is 23.5 Å². The number of hydrogen-bond donors (Lipinski definition) is 1. The maximum Gasteiger partial charge on any atom is 0.275 e. The number of para-hydroxylation sites is 1. The number of nitro benzene ring substituents is 1. The molecule has 2 aromatic rings. The molecule has 120 valence electrons. The highest BCUT2D eigenvalue weighted by Crippen LogP contribution is 2.23. The van der Waals surface area contributed by atoms with Gasteiger partial charge in [0.05, 0.1) is 12.0 Å². The molecule has 7 nitrogen and oxygen atoms in total. The molecule has 2 aromatic carbocycles. The number of carbonyl (C=O) groups excluding carboxylic acids is 1. The Balaban J connectivity index is 1.97. The van der Waals surface area contributed by atoms with Gasteiger partial charge in [0, 0.05) is 23.3 Å². The molecule has 1 aliphatic rings. The summed E-state index contributed by atoms with van der Waals surface area (Å²) in [6.45, 7) is 0. The molecule has 3 rings (SSSR count). The van der Waals surface area contributed by atoms with E-state index in [0.717, 1.165) is 0 Å². The van der Waals surface area contributed by atoms with Crippen LogP contribution in [0.15, 0.2) is 59.2 Å². The van der Waals surface area contributed by atoms with Gasteiger partial charge >= 0.3 is 0 Å². The van der Waals surface area contributed by atoms with Crippen LogP contribution in [-0.4, -0.2) is 23.8 Å². The van der Waals surface area contributed by atoms with Crippen LogP contribution in [0.4, 0.5) is 5.69 Å². The first-order valence-corrected chi connectivity index (χ1v) is 7.08. The second kappa shape index (κ2) is 6.33. The van der Waals surface area contributed by atoms with Gasteiger partial charge < -0.3 is 10.1 Å². The molecule has 1 amide bonds. The van der Waals surface area contributed by atoms with Crippen molar-refractivity contribution < 1.29 is 14.5 Å². The molecule has 1 heterocycles. The first-order valence-electron chi connectivity index (χ1n) is 7.08. The van der Waals surface area contributed by atoms with Gasteiger partial charge in [-0.25, -0.2) is 4.99 Å². The van der Waals surface area contributed by atoms with E-state index >= 15 is 0 Å². The summed E-state index contributed by atoms with van der Waals surface area (Å²) in [6.07, 6.45) is 1.61. The van der Waals surface area contributed by atoms with Crippen molar-refractivity contribution in [2.75, 3.05) is 7.11 Å². The van der Waals surface area contributed by atoms with Gasteiger partial charge in [-0.3, -0.25) is 14.9 Å². The number of nitrogens with one attached hydrogen (secondary N) is 1. The number of ether oxygens (including phenoxy) is 1. The predicted molar refractivity (Wildman–Crippen MR) is 88.7 cm³/mol. The van der Waals surface area contributed by atoms with Crippen molar-refractivity contribution in [3.05, 3.63) is 75.5 Å². The molecule has 0 saturated carbocycles. The van der Waals surface area contributed by atoms with Crippen LogP contribution in [0.1, 0.15) is 11.1 Å². The van der Waals surface area contributed by atoms with Crippen molar-refractivity contribution in [3.8, 4) is 5.75 Å². The first kappa shape index (κ1) is 15.4. The Hall–Kier alpha value is -3.48. The molecule has 0 fully saturated rings. The number of nitro groups is 1. The monoisotopic (exact) mass is 323 g/mol. The maximum absolute atomic E-state index is 12.1. The minimum absolute atomic E-state index is 0.0633. The number of methoxy groups -OCH3 is 1. The molecule has 24 heavy (non-hydrogen) atoms. The van der Waals surface area contributed by atoms with Crippen LogP contribution in [0.3, 0.4) is 0 Å². The van der Waals surface area contributed by atoms with Gasteiger partial charge in [0.15, 0.2) is 0 Å². The quantitative estimate of drug-likeness (QED) is 0.531. The zero-order valence-electron chi connectivity index (χ0n) is 12.7. The zero-order chi connectivity index (χ0) is 17.1. The summed E-state index contributed by atoms with van der Waals surface area (Å²) in [5.74, 6) is 0.532. The van der Waals surface area contributed by atoms with Crippen molar-refractivity contribution in [1.29, 1.82) is 0 Å². The van der Waals surface area contributed by atoms with E-state index in [1.54, 1.807) is 37.5 Å². The van der Waals surface area contributed by atoms with E-state index in [4.69, 9.17) is 4.74 Å². The van der Waals surface area contributed by atoms with Gasteiger partial charge in [0.1, 0.15) is 17.3 Å². The van der Waals surface area contributed by atoms with Crippen LogP contribution >= 0.6 is 0 Å². The summed E-state index contributed by atoms with van der Waals surface area (Å²) in [5.41, 5.74) is 1.34. The van der Waals surface area contributed by atoms with Crippen molar-refractivity contribution in [2.24, 2.45) is 4.99 Å². The summed E-state index contributed by atoms with van der Waals surface area (Å²) in [7, 11) is 1.55. The van der Waals surface area contributed by atoms with E-state index < -0.39 is 4.92 Å². The minimum atomic E-state index is -0.494. The smallest absolute Gasteiger partial charge is 0.275 e. The highest BCUT2D eigenvalue weighted by Gasteiger charge is 2.22. The SMILES string of the molecule is COc1ccccc1/C=C1\N=C(c2cccc([N+](=O)[O-])c2)NC1=O. The van der Waals surface area contributed by atoms with E-state index in [2.05, 4.69) is 10.3 Å². The number of amidine groups is 1. The summed E-state index contributed by atoms with van der Waals surface area (Å²) >= 11 is 0. The molecule has 0 bridgehead atoms. The molecule has 0 atom stereocenters. The normalized spacial score (nSPS) is 15.1. The van der Waals surface area contributed by atoms with Crippen LogP contribution < -0.4 is 10.1 Å². The average molecular weight is 323 g/mol. The molecule has 0 aromatic heterocycles. The Bertz CT molecular complexity index is 887. The van der Waals surface area contributed by atoms with Crippen LogP contribution in [0.25, 0.3) is 6.08 Å². The summed E-state index contributed by atoms with van der Waals surface area (Å²) < 4.78 is 5.24. The number of carbonyl (C=O) groups is 1.